The van der Waals surface area contributed by atoms with Crippen LogP contribution in [-0.4, -0.2) is 37.2 Å². The van der Waals surface area contributed by atoms with E-state index in [9.17, 15) is 14.4 Å². The average molecular weight is 863 g/mol. The normalized spacial score (nSPS) is 12.8. The number of ether oxygens (including phenoxy) is 3. The number of unbranched alkanes of at least 4 members (excludes halogenated alkanes) is 20. The molecule has 0 radical (unpaired) electrons. The van der Waals surface area contributed by atoms with Gasteiger partial charge in [-0.3, -0.25) is 14.4 Å². The number of allylic oxidation sites excluding steroid dienone is 14. The molecule has 0 aromatic heterocycles. The van der Waals surface area contributed by atoms with E-state index in [2.05, 4.69) is 106 Å². The molecule has 0 saturated heterocycles. The Hall–Kier alpha value is -3.41. The van der Waals surface area contributed by atoms with Crippen LogP contribution in [0.25, 0.3) is 0 Å². The molecule has 0 fully saturated rings. The van der Waals surface area contributed by atoms with E-state index in [-0.39, 0.29) is 31.1 Å². The van der Waals surface area contributed by atoms with E-state index in [1.807, 2.05) is 0 Å². The van der Waals surface area contributed by atoms with Gasteiger partial charge in [-0.05, 0) is 89.9 Å². The van der Waals surface area contributed by atoms with Crippen molar-refractivity contribution in [3.8, 4) is 0 Å². The summed E-state index contributed by atoms with van der Waals surface area (Å²) in [6, 6.07) is 0. The summed E-state index contributed by atoms with van der Waals surface area (Å²) in [4.78, 5) is 37.6. The van der Waals surface area contributed by atoms with Crippen molar-refractivity contribution < 1.29 is 28.6 Å². The first-order valence-corrected chi connectivity index (χ1v) is 25.6. The molecule has 0 aromatic rings. The van der Waals surface area contributed by atoms with Gasteiger partial charge in [-0.15, -0.1) is 0 Å². The third-order valence-corrected chi connectivity index (χ3v) is 10.6. The van der Waals surface area contributed by atoms with Crippen LogP contribution in [0.4, 0.5) is 0 Å². The van der Waals surface area contributed by atoms with Crippen molar-refractivity contribution in [2.75, 3.05) is 13.2 Å². The van der Waals surface area contributed by atoms with Crippen molar-refractivity contribution >= 4 is 17.9 Å². The summed E-state index contributed by atoms with van der Waals surface area (Å²) in [6.45, 7) is 6.40. The molecular formula is C56H94O6. The molecule has 0 rings (SSSR count). The van der Waals surface area contributed by atoms with Crippen LogP contribution >= 0.6 is 0 Å². The molecule has 1 atom stereocenters. The zero-order valence-corrected chi connectivity index (χ0v) is 40.4. The predicted octanol–water partition coefficient (Wildman–Crippen LogP) is 16.8. The fraction of sp³-hybridized carbons (Fsp3) is 0.696. The summed E-state index contributed by atoms with van der Waals surface area (Å²) in [5.41, 5.74) is 0. The van der Waals surface area contributed by atoms with Gasteiger partial charge in [0, 0.05) is 19.3 Å². The minimum atomic E-state index is -0.779. The van der Waals surface area contributed by atoms with Crippen molar-refractivity contribution in [3.63, 3.8) is 0 Å². The molecule has 62 heavy (non-hydrogen) atoms. The summed E-state index contributed by atoms with van der Waals surface area (Å²) >= 11 is 0. The lowest BCUT2D eigenvalue weighted by Gasteiger charge is -2.18. The minimum absolute atomic E-state index is 0.0825. The smallest absolute Gasteiger partial charge is 0.306 e. The highest BCUT2D eigenvalue weighted by molar-refractivity contribution is 5.71. The first kappa shape index (κ1) is 58.6. The van der Waals surface area contributed by atoms with Crippen molar-refractivity contribution in [1.29, 1.82) is 0 Å². The summed E-state index contributed by atoms with van der Waals surface area (Å²) in [7, 11) is 0. The Labute approximate surface area is 382 Å². The monoisotopic (exact) mass is 863 g/mol. The van der Waals surface area contributed by atoms with E-state index >= 15 is 0 Å². The molecule has 354 valence electrons. The number of carbonyl (C=O) groups is 3. The molecule has 0 aliphatic carbocycles. The van der Waals surface area contributed by atoms with Crippen molar-refractivity contribution in [2.24, 2.45) is 0 Å². The second kappa shape index (κ2) is 50.2. The third-order valence-electron chi connectivity index (χ3n) is 10.6. The fourth-order valence-corrected chi connectivity index (χ4v) is 6.78. The van der Waals surface area contributed by atoms with E-state index in [1.54, 1.807) is 0 Å². The van der Waals surface area contributed by atoms with Gasteiger partial charge >= 0.3 is 17.9 Å². The second-order valence-electron chi connectivity index (χ2n) is 16.7. The minimum Gasteiger partial charge on any atom is -0.462 e. The molecule has 0 saturated carbocycles. The van der Waals surface area contributed by atoms with Crippen molar-refractivity contribution in [2.45, 2.75) is 239 Å². The topological polar surface area (TPSA) is 78.9 Å². The van der Waals surface area contributed by atoms with Gasteiger partial charge in [-0.2, -0.15) is 0 Å². The Morgan fingerprint density at radius 3 is 1.05 bits per heavy atom. The molecule has 0 amide bonds. The molecule has 0 heterocycles. The van der Waals surface area contributed by atoms with Crippen LogP contribution in [0.3, 0.4) is 0 Å². The lowest BCUT2D eigenvalue weighted by molar-refractivity contribution is -0.167. The molecule has 0 N–H and O–H groups in total. The van der Waals surface area contributed by atoms with Crippen molar-refractivity contribution in [3.05, 3.63) is 85.1 Å². The van der Waals surface area contributed by atoms with E-state index in [1.165, 1.54) is 77.0 Å². The molecule has 0 spiro atoms. The van der Waals surface area contributed by atoms with Gasteiger partial charge in [-0.1, -0.05) is 209 Å². The standard InChI is InChI=1S/C56H94O6/c1-4-7-10-13-16-18-20-21-22-23-24-25-26-27-28-29-30-31-32-33-34-35-37-38-40-43-46-49-55(58)61-52-53(51-60-54(57)48-45-42-15-12-9-6-3)62-56(59)50-47-44-41-39-36-19-17-14-11-8-5-2/h7,10,14,16-18,21-22,24-25,27-28,30-31,53H,4-6,8-9,11-13,15,19-20,23,26,29,32-52H2,1-3H3/b10-7-,17-14-,18-16-,22-21-,25-24-,28-27-,31-30-. The maximum atomic E-state index is 12.7. The molecule has 1 unspecified atom stereocenters. The van der Waals surface area contributed by atoms with E-state index in [4.69, 9.17) is 14.2 Å². The van der Waals surface area contributed by atoms with Crippen LogP contribution in [0.2, 0.25) is 0 Å². The molecule has 6 heteroatoms. The van der Waals surface area contributed by atoms with Crippen LogP contribution in [0.5, 0.6) is 0 Å². The van der Waals surface area contributed by atoms with Gasteiger partial charge in [0.25, 0.3) is 0 Å². The van der Waals surface area contributed by atoms with Crippen LogP contribution < -0.4 is 0 Å². The Bertz CT molecular complexity index is 1220. The first-order valence-electron chi connectivity index (χ1n) is 25.6. The van der Waals surface area contributed by atoms with Gasteiger partial charge in [-0.25, -0.2) is 0 Å². The van der Waals surface area contributed by atoms with Gasteiger partial charge in [0.15, 0.2) is 6.10 Å². The van der Waals surface area contributed by atoms with Crippen LogP contribution in [0.15, 0.2) is 85.1 Å². The van der Waals surface area contributed by atoms with E-state index < -0.39 is 6.10 Å². The molecular weight excluding hydrogens is 769 g/mol. The number of carbonyl (C=O) groups excluding carboxylic acids is 3. The van der Waals surface area contributed by atoms with E-state index in [0.717, 1.165) is 116 Å². The van der Waals surface area contributed by atoms with Gasteiger partial charge in [0.2, 0.25) is 0 Å². The maximum Gasteiger partial charge on any atom is 0.306 e. The zero-order chi connectivity index (χ0) is 45.1. The summed E-state index contributed by atoms with van der Waals surface area (Å²) in [5, 5.41) is 0. The quantitative estimate of drug-likeness (QED) is 0.0263. The lowest BCUT2D eigenvalue weighted by atomic mass is 10.1. The first-order chi connectivity index (χ1) is 30.5. The van der Waals surface area contributed by atoms with Crippen LogP contribution in [0, 0.1) is 0 Å². The van der Waals surface area contributed by atoms with Crippen LogP contribution in [-0.2, 0) is 28.6 Å². The van der Waals surface area contributed by atoms with E-state index in [0.29, 0.717) is 19.3 Å². The third kappa shape index (κ3) is 47.6. The Kier molecular flexibility index (Phi) is 47.5. The highest BCUT2D eigenvalue weighted by atomic mass is 16.6. The Morgan fingerprint density at radius 2 is 0.645 bits per heavy atom. The van der Waals surface area contributed by atoms with Crippen molar-refractivity contribution in [1.82, 2.24) is 0 Å². The van der Waals surface area contributed by atoms with Gasteiger partial charge in [0.1, 0.15) is 13.2 Å². The molecule has 6 nitrogen and oxygen atoms in total. The molecule has 0 aromatic carbocycles. The predicted molar refractivity (Wildman–Crippen MR) is 265 cm³/mol. The summed E-state index contributed by atoms with van der Waals surface area (Å²) in [6.07, 6.45) is 64.6. The van der Waals surface area contributed by atoms with Gasteiger partial charge < -0.3 is 14.2 Å². The average Bonchev–Trinajstić information content (AvgIpc) is 3.27. The highest BCUT2D eigenvalue weighted by Crippen LogP contribution is 2.14. The van der Waals surface area contributed by atoms with Gasteiger partial charge in [0.05, 0.1) is 0 Å². The Balaban J connectivity index is 4.13. The second-order valence-corrected chi connectivity index (χ2v) is 16.7. The highest BCUT2D eigenvalue weighted by Gasteiger charge is 2.19. The summed E-state index contributed by atoms with van der Waals surface area (Å²) in [5.74, 6) is -0.914. The Morgan fingerprint density at radius 1 is 0.339 bits per heavy atom. The summed E-state index contributed by atoms with van der Waals surface area (Å²) < 4.78 is 16.6. The SMILES string of the molecule is CC/C=C\C/C=C\C/C=C\C/C=C\C/C=C\C/C=C\CCCCCCCCCCC(=O)OCC(COC(=O)CCCCCCCC)OC(=O)CCCCCCC/C=C\CCCC. The fourth-order valence-electron chi connectivity index (χ4n) is 6.78. The largest absolute Gasteiger partial charge is 0.462 e. The molecule has 0 bridgehead atoms. The number of rotatable bonds is 45. The number of esters is 3. The molecule has 0 aliphatic rings. The number of hydrogen-bond acceptors (Lipinski definition) is 6. The number of hydrogen-bond donors (Lipinski definition) is 0. The zero-order valence-electron chi connectivity index (χ0n) is 40.4. The molecule has 0 aliphatic heterocycles. The lowest BCUT2D eigenvalue weighted by Crippen LogP contribution is -2.30. The maximum absolute atomic E-state index is 12.7. The van der Waals surface area contributed by atoms with Crippen LogP contribution in [0.1, 0.15) is 233 Å².